The average molecular weight is 578 g/mol. The summed E-state index contributed by atoms with van der Waals surface area (Å²) in [6, 6.07) is 12.4. The van der Waals surface area contributed by atoms with Crippen molar-refractivity contribution in [2.24, 2.45) is 0 Å². The second kappa shape index (κ2) is 11.6. The maximum absolute atomic E-state index is 13.0. The minimum absolute atomic E-state index is 0.0675. The number of hydrogen-bond donors (Lipinski definition) is 2. The van der Waals surface area contributed by atoms with Gasteiger partial charge < -0.3 is 10.2 Å². The van der Waals surface area contributed by atoms with E-state index in [0.717, 1.165) is 33.7 Å². The molecule has 0 aliphatic rings. The molecule has 41 heavy (non-hydrogen) atoms. The largest absolute Gasteiger partial charge is 0.481 e. The van der Waals surface area contributed by atoms with Crippen molar-refractivity contribution in [3.05, 3.63) is 88.2 Å². The smallest absolute Gasteiger partial charge is 0.438 e. The van der Waals surface area contributed by atoms with Crippen LogP contribution in [0.4, 0.5) is 26.3 Å². The van der Waals surface area contributed by atoms with Gasteiger partial charge in [-0.2, -0.15) is 26.3 Å². The second-order valence-electron chi connectivity index (χ2n) is 9.96. The minimum atomic E-state index is -6.02. The van der Waals surface area contributed by atoms with Crippen LogP contribution in [-0.4, -0.2) is 39.1 Å². The summed E-state index contributed by atoms with van der Waals surface area (Å²) in [5.41, 5.74) is -0.486. The number of aliphatic hydroxyl groups is 1. The van der Waals surface area contributed by atoms with Crippen LogP contribution in [0.1, 0.15) is 60.1 Å². The number of hydrogen-bond acceptors (Lipinski definition) is 3. The van der Waals surface area contributed by atoms with Crippen molar-refractivity contribution in [3.8, 4) is 23.0 Å². The van der Waals surface area contributed by atoms with Crippen molar-refractivity contribution in [1.82, 2.24) is 4.98 Å². The molecule has 1 aromatic heterocycles. The van der Waals surface area contributed by atoms with Gasteiger partial charge in [0.1, 0.15) is 0 Å². The number of aryl methyl sites for hydroxylation is 2. The minimum Gasteiger partial charge on any atom is -0.481 e. The van der Waals surface area contributed by atoms with Gasteiger partial charge in [0.25, 0.3) is 0 Å². The van der Waals surface area contributed by atoms with Crippen molar-refractivity contribution < 1.29 is 41.4 Å². The van der Waals surface area contributed by atoms with Crippen molar-refractivity contribution in [3.63, 3.8) is 0 Å². The molecule has 4 nitrogen and oxygen atoms in total. The van der Waals surface area contributed by atoms with E-state index in [1.807, 2.05) is 44.9 Å². The van der Waals surface area contributed by atoms with E-state index in [4.69, 9.17) is 5.11 Å². The van der Waals surface area contributed by atoms with E-state index in [-0.39, 0.29) is 12.0 Å². The Hall–Kier alpha value is -3.84. The van der Waals surface area contributed by atoms with E-state index in [0.29, 0.717) is 24.0 Å². The third-order valence-corrected chi connectivity index (χ3v) is 7.42. The Balaban J connectivity index is 2.04. The van der Waals surface area contributed by atoms with Crippen molar-refractivity contribution in [2.45, 2.75) is 70.3 Å². The Labute approximate surface area is 234 Å². The lowest BCUT2D eigenvalue weighted by atomic mass is 9.69. The van der Waals surface area contributed by atoms with Gasteiger partial charge in [-0.3, -0.25) is 9.78 Å². The van der Waals surface area contributed by atoms with E-state index in [9.17, 15) is 36.2 Å². The number of rotatable bonds is 7. The highest BCUT2D eigenvalue weighted by molar-refractivity contribution is 5.72. The molecule has 0 amide bonds. The first-order valence-electron chi connectivity index (χ1n) is 12.8. The lowest BCUT2D eigenvalue weighted by molar-refractivity contribution is -0.343. The molecule has 0 fully saturated rings. The molecule has 0 atom stereocenters. The highest BCUT2D eigenvalue weighted by Crippen LogP contribution is 2.43. The van der Waals surface area contributed by atoms with Crippen LogP contribution in [0, 0.1) is 25.7 Å². The molecule has 0 bridgehead atoms. The van der Waals surface area contributed by atoms with E-state index in [2.05, 4.69) is 4.98 Å². The lowest BCUT2D eigenvalue weighted by Gasteiger charge is -2.34. The van der Waals surface area contributed by atoms with Gasteiger partial charge in [0, 0.05) is 28.9 Å². The van der Waals surface area contributed by atoms with Crippen LogP contribution >= 0.6 is 0 Å². The third kappa shape index (κ3) is 6.25. The Bertz CT molecular complexity index is 1480. The first-order valence-corrected chi connectivity index (χ1v) is 12.8. The summed E-state index contributed by atoms with van der Waals surface area (Å²) in [7, 11) is 0. The summed E-state index contributed by atoms with van der Waals surface area (Å²) in [6.45, 7) is 7.43. The fourth-order valence-electron chi connectivity index (χ4n) is 4.99. The monoisotopic (exact) mass is 577 g/mol. The zero-order valence-electron chi connectivity index (χ0n) is 22.8. The normalized spacial score (nSPS) is 12.6. The van der Waals surface area contributed by atoms with E-state index >= 15 is 0 Å². The van der Waals surface area contributed by atoms with Crippen LogP contribution in [0.15, 0.2) is 54.9 Å². The molecule has 0 aliphatic carbocycles. The number of carbonyl (C=O) groups is 1. The van der Waals surface area contributed by atoms with Crippen LogP contribution in [0.25, 0.3) is 11.1 Å². The molecule has 2 N–H and O–H groups in total. The summed E-state index contributed by atoms with van der Waals surface area (Å²) in [4.78, 5) is 15.3. The molecule has 0 aliphatic heterocycles. The van der Waals surface area contributed by atoms with Gasteiger partial charge in [-0.1, -0.05) is 50.1 Å². The average Bonchev–Trinajstić information content (AvgIpc) is 2.87. The summed E-state index contributed by atoms with van der Waals surface area (Å²) in [5, 5.41) is 18.5. The van der Waals surface area contributed by atoms with Gasteiger partial charge in [-0.15, -0.1) is 0 Å². The quantitative estimate of drug-likeness (QED) is 0.228. The van der Waals surface area contributed by atoms with Gasteiger partial charge in [0.15, 0.2) is 0 Å². The van der Waals surface area contributed by atoms with Crippen molar-refractivity contribution >= 4 is 5.97 Å². The summed E-state index contributed by atoms with van der Waals surface area (Å²) >= 11 is 0. The number of nitrogens with zero attached hydrogens (tertiary/aromatic N) is 1. The van der Waals surface area contributed by atoms with Crippen LogP contribution in [0.5, 0.6) is 0 Å². The second-order valence-corrected chi connectivity index (χ2v) is 9.96. The van der Waals surface area contributed by atoms with Crippen LogP contribution in [0.3, 0.4) is 0 Å². The summed E-state index contributed by atoms with van der Waals surface area (Å²) < 4.78 is 78.3. The standard InChI is InChI=1S/C31H29F6NO3/c1-5-28(6-2,25-9-10-26(20(4)14-25)23-15-21(16-27(39)40)17-38-18-23)24-8-7-22(19(3)13-24)11-12-29(41,30(32,33)34)31(35,36)37/h7-10,13-15,17-18,41H,5-6,16H2,1-4H3,(H,39,40). The molecule has 1 heterocycles. The van der Waals surface area contributed by atoms with E-state index < -0.39 is 29.3 Å². The van der Waals surface area contributed by atoms with Gasteiger partial charge in [-0.25, -0.2) is 0 Å². The number of carboxylic acid groups (broad SMARTS) is 1. The number of aliphatic carboxylic acids is 1. The maximum atomic E-state index is 13.0. The zero-order chi connectivity index (χ0) is 30.8. The Morgan fingerprint density at radius 2 is 1.41 bits per heavy atom. The van der Waals surface area contributed by atoms with Gasteiger partial charge >= 0.3 is 23.9 Å². The Morgan fingerprint density at radius 1 is 0.854 bits per heavy atom. The van der Waals surface area contributed by atoms with Gasteiger partial charge in [0.2, 0.25) is 0 Å². The zero-order valence-corrected chi connectivity index (χ0v) is 22.8. The predicted molar refractivity (Wildman–Crippen MR) is 142 cm³/mol. The molecule has 0 unspecified atom stereocenters. The molecular formula is C31H29F6NO3. The molecule has 218 valence electrons. The van der Waals surface area contributed by atoms with E-state index in [1.54, 1.807) is 24.4 Å². The summed E-state index contributed by atoms with van der Waals surface area (Å²) in [6.07, 6.45) is -7.76. The van der Waals surface area contributed by atoms with Crippen LogP contribution in [-0.2, 0) is 16.6 Å². The number of benzene rings is 2. The molecule has 0 radical (unpaired) electrons. The van der Waals surface area contributed by atoms with Crippen molar-refractivity contribution in [2.75, 3.05) is 0 Å². The number of pyridine rings is 1. The molecule has 0 saturated heterocycles. The fourth-order valence-corrected chi connectivity index (χ4v) is 4.99. The number of halogens is 6. The molecule has 0 saturated carbocycles. The SMILES string of the molecule is CCC(CC)(c1ccc(C#CC(O)(C(F)(F)F)C(F)(F)F)c(C)c1)c1ccc(-c2cncc(CC(=O)O)c2)c(C)c1. The number of aromatic nitrogens is 1. The molecular weight excluding hydrogens is 548 g/mol. The molecule has 0 spiro atoms. The maximum Gasteiger partial charge on any atom is 0.438 e. The Kier molecular flexibility index (Phi) is 8.94. The van der Waals surface area contributed by atoms with E-state index in [1.165, 1.54) is 19.2 Å². The van der Waals surface area contributed by atoms with Crippen LogP contribution < -0.4 is 0 Å². The highest BCUT2D eigenvalue weighted by Gasteiger charge is 2.70. The topological polar surface area (TPSA) is 70.4 Å². The Morgan fingerprint density at radius 3 is 1.90 bits per heavy atom. The highest BCUT2D eigenvalue weighted by atomic mass is 19.4. The first kappa shape index (κ1) is 31.7. The lowest BCUT2D eigenvalue weighted by Crippen LogP contribution is -2.55. The molecule has 10 heteroatoms. The third-order valence-electron chi connectivity index (χ3n) is 7.42. The van der Waals surface area contributed by atoms with Crippen LogP contribution in [0.2, 0.25) is 0 Å². The molecule has 2 aromatic carbocycles. The first-order chi connectivity index (χ1) is 19.0. The van der Waals surface area contributed by atoms with Crippen molar-refractivity contribution in [1.29, 1.82) is 0 Å². The summed E-state index contributed by atoms with van der Waals surface area (Å²) in [5.74, 6) is 1.94. The number of carboxylic acids is 1. The van der Waals surface area contributed by atoms with Gasteiger partial charge in [0.05, 0.1) is 6.42 Å². The molecule has 3 aromatic rings. The number of alkyl halides is 6. The van der Waals surface area contributed by atoms with Gasteiger partial charge in [-0.05, 0) is 78.1 Å². The molecule has 3 rings (SSSR count). The fraction of sp³-hybridized carbons (Fsp3) is 0.355. The predicted octanol–water partition coefficient (Wildman–Crippen LogP) is 7.31.